The summed E-state index contributed by atoms with van der Waals surface area (Å²) in [5.74, 6) is -0.0534. The number of primary amides is 1. The van der Waals surface area contributed by atoms with Gasteiger partial charge < -0.3 is 10.5 Å². The molecule has 122 valence electrons. The monoisotopic (exact) mass is 315 g/mol. The van der Waals surface area contributed by atoms with Crippen LogP contribution in [0.2, 0.25) is 0 Å². The van der Waals surface area contributed by atoms with Crippen LogP contribution in [-0.4, -0.2) is 13.0 Å². The van der Waals surface area contributed by atoms with E-state index >= 15 is 0 Å². The molecule has 1 amide bonds. The quantitative estimate of drug-likeness (QED) is 0.884. The van der Waals surface area contributed by atoms with Crippen molar-refractivity contribution < 1.29 is 13.9 Å². The van der Waals surface area contributed by atoms with Crippen LogP contribution in [0.1, 0.15) is 46.5 Å². The molecule has 23 heavy (non-hydrogen) atoms. The van der Waals surface area contributed by atoms with Gasteiger partial charge >= 0.3 is 0 Å². The second kappa shape index (κ2) is 7.27. The average Bonchev–Trinajstić information content (AvgIpc) is 2.55. The molecule has 0 spiro atoms. The van der Waals surface area contributed by atoms with Crippen molar-refractivity contribution in [3.63, 3.8) is 0 Å². The zero-order valence-electron chi connectivity index (χ0n) is 13.8. The van der Waals surface area contributed by atoms with Gasteiger partial charge in [0.2, 0.25) is 5.91 Å². The maximum absolute atomic E-state index is 13.1. The molecule has 2 aromatic rings. The Morgan fingerprint density at radius 3 is 2.17 bits per heavy atom. The highest BCUT2D eigenvalue weighted by molar-refractivity contribution is 5.95. The lowest BCUT2D eigenvalue weighted by Crippen LogP contribution is -2.17. The molecule has 0 atom stereocenters. The molecule has 0 fully saturated rings. The topological polar surface area (TPSA) is 52.3 Å². The molecular formula is C19H22FNO2. The van der Waals surface area contributed by atoms with Gasteiger partial charge in [0.25, 0.3) is 0 Å². The van der Waals surface area contributed by atoms with Crippen LogP contribution in [0.25, 0.3) is 0 Å². The van der Waals surface area contributed by atoms with Gasteiger partial charge in [-0.05, 0) is 59.7 Å². The van der Waals surface area contributed by atoms with Crippen molar-refractivity contribution in [1.82, 2.24) is 0 Å². The highest BCUT2D eigenvalue weighted by atomic mass is 19.1. The second-order valence-corrected chi connectivity index (χ2v) is 5.44. The van der Waals surface area contributed by atoms with Gasteiger partial charge in [0.15, 0.2) is 0 Å². The number of hydrogen-bond donors (Lipinski definition) is 1. The van der Waals surface area contributed by atoms with E-state index in [-0.39, 0.29) is 5.82 Å². The highest BCUT2D eigenvalue weighted by Gasteiger charge is 2.19. The van der Waals surface area contributed by atoms with Crippen LogP contribution in [0.3, 0.4) is 0 Å². The lowest BCUT2D eigenvalue weighted by Gasteiger charge is -2.19. The maximum atomic E-state index is 13.1. The number of amides is 1. The lowest BCUT2D eigenvalue weighted by molar-refractivity contribution is 0.0999. The van der Waals surface area contributed by atoms with Gasteiger partial charge in [0.1, 0.15) is 11.6 Å². The van der Waals surface area contributed by atoms with Crippen molar-refractivity contribution in [1.29, 1.82) is 0 Å². The van der Waals surface area contributed by atoms with E-state index in [2.05, 4.69) is 6.92 Å². The smallest absolute Gasteiger partial charge is 0.249 e. The van der Waals surface area contributed by atoms with Crippen LogP contribution in [-0.2, 0) is 19.3 Å². The Labute approximate surface area is 136 Å². The summed E-state index contributed by atoms with van der Waals surface area (Å²) in [4.78, 5) is 11.9. The Morgan fingerprint density at radius 2 is 1.70 bits per heavy atom. The molecule has 0 aromatic heterocycles. The Morgan fingerprint density at radius 1 is 1.09 bits per heavy atom. The highest BCUT2D eigenvalue weighted by Crippen LogP contribution is 2.31. The van der Waals surface area contributed by atoms with E-state index in [1.807, 2.05) is 6.92 Å². The minimum atomic E-state index is -0.474. The van der Waals surface area contributed by atoms with E-state index in [1.165, 1.54) is 12.1 Å². The Bertz CT molecular complexity index is 708. The number of benzene rings is 2. The van der Waals surface area contributed by atoms with Crippen molar-refractivity contribution in [3.05, 3.63) is 64.0 Å². The lowest BCUT2D eigenvalue weighted by atomic mass is 9.88. The Kier molecular flexibility index (Phi) is 5.37. The first-order valence-corrected chi connectivity index (χ1v) is 7.77. The van der Waals surface area contributed by atoms with Crippen LogP contribution in [0, 0.1) is 5.82 Å². The third-order valence-corrected chi connectivity index (χ3v) is 4.11. The van der Waals surface area contributed by atoms with Gasteiger partial charge in [0.05, 0.1) is 7.11 Å². The summed E-state index contributed by atoms with van der Waals surface area (Å²) in [5, 5.41) is 0. The molecule has 2 rings (SSSR count). The van der Waals surface area contributed by atoms with Gasteiger partial charge in [-0.25, -0.2) is 4.39 Å². The maximum Gasteiger partial charge on any atom is 0.249 e. The normalized spacial score (nSPS) is 10.6. The van der Waals surface area contributed by atoms with Gasteiger partial charge in [-0.2, -0.15) is 0 Å². The largest absolute Gasteiger partial charge is 0.496 e. The summed E-state index contributed by atoms with van der Waals surface area (Å²) in [6.07, 6.45) is 2.12. The first kappa shape index (κ1) is 17.0. The zero-order valence-corrected chi connectivity index (χ0v) is 13.8. The SMILES string of the molecule is CCc1c(OC)cc(C(N)=O)c(Cc2ccc(F)cc2)c1CC. The predicted molar refractivity (Wildman–Crippen MR) is 89.5 cm³/mol. The van der Waals surface area contributed by atoms with E-state index in [9.17, 15) is 9.18 Å². The van der Waals surface area contributed by atoms with Crippen LogP contribution < -0.4 is 10.5 Å². The van der Waals surface area contributed by atoms with Crippen molar-refractivity contribution in [2.24, 2.45) is 5.73 Å². The summed E-state index contributed by atoms with van der Waals surface area (Å²) >= 11 is 0. The summed E-state index contributed by atoms with van der Waals surface area (Å²) in [6.45, 7) is 4.11. The summed E-state index contributed by atoms with van der Waals surface area (Å²) in [5.41, 5.74) is 10.1. The molecule has 3 nitrogen and oxygen atoms in total. The van der Waals surface area contributed by atoms with E-state index in [0.717, 1.165) is 35.1 Å². The molecule has 0 radical (unpaired) electrons. The molecule has 4 heteroatoms. The Hall–Kier alpha value is -2.36. The zero-order chi connectivity index (χ0) is 17.0. The fourth-order valence-corrected chi connectivity index (χ4v) is 3.02. The molecule has 2 N–H and O–H groups in total. The second-order valence-electron chi connectivity index (χ2n) is 5.44. The van der Waals surface area contributed by atoms with Gasteiger partial charge in [-0.1, -0.05) is 26.0 Å². The molecule has 0 unspecified atom stereocenters. The molecule has 2 aromatic carbocycles. The van der Waals surface area contributed by atoms with Gasteiger partial charge in [-0.15, -0.1) is 0 Å². The molecule has 0 aliphatic rings. The Balaban J connectivity index is 2.63. The fourth-order valence-electron chi connectivity index (χ4n) is 3.02. The number of carbonyl (C=O) groups excluding carboxylic acids is 1. The number of hydrogen-bond acceptors (Lipinski definition) is 2. The number of methoxy groups -OCH3 is 1. The molecule has 0 aliphatic heterocycles. The van der Waals surface area contributed by atoms with Gasteiger partial charge in [0, 0.05) is 5.56 Å². The van der Waals surface area contributed by atoms with Crippen LogP contribution in [0.15, 0.2) is 30.3 Å². The number of nitrogens with two attached hydrogens (primary N) is 1. The van der Waals surface area contributed by atoms with Crippen LogP contribution >= 0.6 is 0 Å². The fraction of sp³-hybridized carbons (Fsp3) is 0.316. The van der Waals surface area contributed by atoms with E-state index in [4.69, 9.17) is 10.5 Å². The molecule has 0 aliphatic carbocycles. The molecule has 0 bridgehead atoms. The van der Waals surface area contributed by atoms with Crippen LogP contribution in [0.4, 0.5) is 4.39 Å². The summed E-state index contributed by atoms with van der Waals surface area (Å²) in [6, 6.07) is 8.04. The molecule has 0 heterocycles. The van der Waals surface area contributed by atoms with E-state index in [0.29, 0.717) is 17.7 Å². The number of halogens is 1. The van der Waals surface area contributed by atoms with Gasteiger partial charge in [-0.3, -0.25) is 4.79 Å². The van der Waals surface area contributed by atoms with Crippen molar-refractivity contribution in [2.75, 3.05) is 7.11 Å². The van der Waals surface area contributed by atoms with Crippen molar-refractivity contribution in [2.45, 2.75) is 33.1 Å². The summed E-state index contributed by atoms with van der Waals surface area (Å²) < 4.78 is 18.5. The first-order chi connectivity index (χ1) is 11.0. The summed E-state index contributed by atoms with van der Waals surface area (Å²) in [7, 11) is 1.60. The minimum absolute atomic E-state index is 0.274. The van der Waals surface area contributed by atoms with E-state index in [1.54, 1.807) is 25.3 Å². The van der Waals surface area contributed by atoms with E-state index < -0.39 is 5.91 Å². The molecular weight excluding hydrogens is 293 g/mol. The number of carbonyl (C=O) groups is 1. The third-order valence-electron chi connectivity index (χ3n) is 4.11. The standard InChI is InChI=1S/C19H22FNO2/c1-4-14-15(5-2)18(23-3)11-17(19(21)22)16(14)10-12-6-8-13(20)9-7-12/h6-9,11H,4-5,10H2,1-3H3,(H2,21,22). The van der Waals surface area contributed by atoms with Crippen LogP contribution in [0.5, 0.6) is 5.75 Å². The first-order valence-electron chi connectivity index (χ1n) is 7.77. The third kappa shape index (κ3) is 3.52. The van der Waals surface area contributed by atoms with Crippen molar-refractivity contribution in [3.8, 4) is 5.75 Å². The van der Waals surface area contributed by atoms with Crippen molar-refractivity contribution >= 4 is 5.91 Å². The number of ether oxygens (including phenoxy) is 1. The minimum Gasteiger partial charge on any atom is -0.496 e. The number of rotatable bonds is 6. The molecule has 0 saturated heterocycles. The predicted octanol–water partition coefficient (Wildman–Crippen LogP) is 3.65. The molecule has 0 saturated carbocycles. The average molecular weight is 315 g/mol.